The van der Waals surface area contributed by atoms with Gasteiger partial charge >= 0.3 is 0 Å². The molecule has 1 N–H and O–H groups in total. The molecular formula is C13H21IO5. The molecule has 2 rings (SSSR count). The van der Waals surface area contributed by atoms with Gasteiger partial charge in [0.2, 0.25) is 11.6 Å². The second-order valence-electron chi connectivity index (χ2n) is 5.53. The summed E-state index contributed by atoms with van der Waals surface area (Å²) in [4.78, 5) is 0. The molecule has 0 unspecified atom stereocenters. The molecule has 0 radical (unpaired) electrons. The molecule has 2 aliphatic rings. The van der Waals surface area contributed by atoms with Crippen molar-refractivity contribution in [3.63, 3.8) is 0 Å². The minimum atomic E-state index is -1.02. The van der Waals surface area contributed by atoms with Crippen molar-refractivity contribution in [3.05, 3.63) is 9.66 Å². The zero-order chi connectivity index (χ0) is 14.5. The van der Waals surface area contributed by atoms with Crippen LogP contribution < -0.4 is 0 Å². The van der Waals surface area contributed by atoms with Crippen LogP contribution in [-0.4, -0.2) is 48.7 Å². The van der Waals surface area contributed by atoms with Gasteiger partial charge in [0, 0.05) is 24.2 Å². The zero-order valence-electron chi connectivity index (χ0n) is 11.9. The van der Waals surface area contributed by atoms with Crippen LogP contribution in [0.1, 0.15) is 27.2 Å². The normalized spacial score (nSPS) is 50.6. The Labute approximate surface area is 127 Å². The molecule has 1 fully saturated rings. The third-order valence-corrected chi connectivity index (χ3v) is 5.65. The van der Waals surface area contributed by atoms with Crippen LogP contribution in [0, 0.1) is 0 Å². The van der Waals surface area contributed by atoms with Gasteiger partial charge in [0.05, 0.1) is 11.7 Å². The van der Waals surface area contributed by atoms with Gasteiger partial charge in [0.15, 0.2) is 0 Å². The van der Waals surface area contributed by atoms with Crippen LogP contribution in [0.2, 0.25) is 0 Å². The van der Waals surface area contributed by atoms with E-state index >= 15 is 0 Å². The molecule has 110 valence electrons. The van der Waals surface area contributed by atoms with Crippen LogP contribution in [0.25, 0.3) is 0 Å². The SMILES string of the molecule is CO[C@@]1(C)O[C@@H]2C=C(I)[C@](C)(O)C[C@H]2O[C@]1(C)OC. The van der Waals surface area contributed by atoms with Gasteiger partial charge in [-0.15, -0.1) is 0 Å². The molecule has 1 heterocycles. The number of hydrogen-bond donors (Lipinski definition) is 1. The van der Waals surface area contributed by atoms with E-state index in [0.717, 1.165) is 3.58 Å². The third-order valence-electron chi connectivity index (χ3n) is 4.13. The second kappa shape index (κ2) is 4.92. The number of rotatable bonds is 2. The fourth-order valence-corrected chi connectivity index (χ4v) is 3.06. The van der Waals surface area contributed by atoms with E-state index in [9.17, 15) is 5.11 Å². The van der Waals surface area contributed by atoms with Crippen molar-refractivity contribution >= 4 is 22.6 Å². The highest BCUT2D eigenvalue weighted by Gasteiger charge is 2.58. The lowest BCUT2D eigenvalue weighted by Crippen LogP contribution is -2.66. The average molecular weight is 384 g/mol. The van der Waals surface area contributed by atoms with Gasteiger partial charge in [-0.3, -0.25) is 0 Å². The number of aliphatic hydroxyl groups is 1. The molecule has 0 aromatic rings. The average Bonchev–Trinajstić information content (AvgIpc) is 2.33. The first-order chi connectivity index (χ1) is 8.67. The van der Waals surface area contributed by atoms with Crippen molar-refractivity contribution in [3.8, 4) is 0 Å². The third kappa shape index (κ3) is 2.47. The molecule has 0 saturated carbocycles. The van der Waals surface area contributed by atoms with Gasteiger partial charge in [-0.1, -0.05) is 0 Å². The van der Waals surface area contributed by atoms with Crippen molar-refractivity contribution in [1.29, 1.82) is 0 Å². The Morgan fingerprint density at radius 2 is 1.74 bits per heavy atom. The highest BCUT2D eigenvalue weighted by Crippen LogP contribution is 2.45. The maximum absolute atomic E-state index is 10.3. The van der Waals surface area contributed by atoms with E-state index in [2.05, 4.69) is 22.6 Å². The van der Waals surface area contributed by atoms with Crippen LogP contribution in [0.15, 0.2) is 9.66 Å². The van der Waals surface area contributed by atoms with Gasteiger partial charge in [0.25, 0.3) is 0 Å². The lowest BCUT2D eigenvalue weighted by atomic mass is 9.87. The molecule has 5 nitrogen and oxygen atoms in total. The van der Waals surface area contributed by atoms with E-state index in [0.29, 0.717) is 6.42 Å². The van der Waals surface area contributed by atoms with Gasteiger partial charge in [-0.2, -0.15) is 0 Å². The Bertz CT molecular complexity index is 396. The smallest absolute Gasteiger partial charge is 0.220 e. The van der Waals surface area contributed by atoms with E-state index in [1.54, 1.807) is 35.0 Å². The first-order valence-corrected chi connectivity index (χ1v) is 7.31. The van der Waals surface area contributed by atoms with Crippen molar-refractivity contribution < 1.29 is 24.1 Å². The summed E-state index contributed by atoms with van der Waals surface area (Å²) in [6, 6.07) is 0. The van der Waals surface area contributed by atoms with E-state index in [1.165, 1.54) is 0 Å². The number of fused-ring (bicyclic) bond motifs is 1. The fourth-order valence-electron chi connectivity index (χ4n) is 2.48. The molecule has 5 atom stereocenters. The molecule has 1 aliphatic heterocycles. The topological polar surface area (TPSA) is 57.2 Å². The van der Waals surface area contributed by atoms with Gasteiger partial charge in [-0.25, -0.2) is 0 Å². The number of ether oxygens (including phenoxy) is 4. The first kappa shape index (κ1) is 15.7. The molecule has 0 aromatic heterocycles. The van der Waals surface area contributed by atoms with E-state index in [4.69, 9.17) is 18.9 Å². The number of methoxy groups -OCH3 is 2. The predicted molar refractivity (Wildman–Crippen MR) is 77.9 cm³/mol. The van der Waals surface area contributed by atoms with Crippen LogP contribution in [0.5, 0.6) is 0 Å². The van der Waals surface area contributed by atoms with Gasteiger partial charge < -0.3 is 24.1 Å². The first-order valence-electron chi connectivity index (χ1n) is 6.23. The summed E-state index contributed by atoms with van der Waals surface area (Å²) >= 11 is 2.13. The monoisotopic (exact) mass is 384 g/mol. The van der Waals surface area contributed by atoms with Crippen LogP contribution in [0.3, 0.4) is 0 Å². The summed E-state index contributed by atoms with van der Waals surface area (Å²) in [7, 11) is 3.12. The van der Waals surface area contributed by atoms with Crippen molar-refractivity contribution in [2.24, 2.45) is 0 Å². The quantitative estimate of drug-likeness (QED) is 0.738. The predicted octanol–water partition coefficient (Wildman–Crippen LogP) is 1.97. The molecule has 0 spiro atoms. The largest absolute Gasteiger partial charge is 0.385 e. The molecule has 6 heteroatoms. The van der Waals surface area contributed by atoms with E-state index in [1.807, 2.05) is 6.08 Å². The molecule has 1 saturated heterocycles. The maximum Gasteiger partial charge on any atom is 0.220 e. The van der Waals surface area contributed by atoms with Crippen molar-refractivity contribution in [1.82, 2.24) is 0 Å². The van der Waals surface area contributed by atoms with E-state index in [-0.39, 0.29) is 12.2 Å². The Balaban J connectivity index is 2.34. The second-order valence-corrected chi connectivity index (χ2v) is 6.69. The van der Waals surface area contributed by atoms with Crippen LogP contribution in [0.4, 0.5) is 0 Å². The number of hydrogen-bond acceptors (Lipinski definition) is 5. The molecule has 0 aromatic carbocycles. The Morgan fingerprint density at radius 1 is 1.21 bits per heavy atom. The Morgan fingerprint density at radius 3 is 2.26 bits per heavy atom. The van der Waals surface area contributed by atoms with Crippen LogP contribution >= 0.6 is 22.6 Å². The number of halogens is 1. The Hall–Kier alpha value is 0.270. The zero-order valence-corrected chi connectivity index (χ0v) is 14.1. The summed E-state index contributed by atoms with van der Waals surface area (Å²) in [6.07, 6.45) is 1.84. The minimum absolute atomic E-state index is 0.250. The molecular weight excluding hydrogens is 363 g/mol. The molecule has 0 amide bonds. The lowest BCUT2D eigenvalue weighted by Gasteiger charge is -2.53. The summed E-state index contributed by atoms with van der Waals surface area (Å²) in [6.45, 7) is 5.35. The fraction of sp³-hybridized carbons (Fsp3) is 0.846. The highest BCUT2D eigenvalue weighted by molar-refractivity contribution is 14.1. The Kier molecular flexibility index (Phi) is 4.06. The summed E-state index contributed by atoms with van der Waals surface area (Å²) in [5.41, 5.74) is -0.888. The summed E-state index contributed by atoms with van der Waals surface area (Å²) in [5.74, 6) is -2.02. The maximum atomic E-state index is 10.3. The van der Waals surface area contributed by atoms with E-state index < -0.39 is 17.2 Å². The van der Waals surface area contributed by atoms with Gasteiger partial charge in [-0.05, 0) is 49.4 Å². The molecule has 1 aliphatic carbocycles. The lowest BCUT2D eigenvalue weighted by molar-refractivity contribution is -0.445. The van der Waals surface area contributed by atoms with Gasteiger partial charge in [0.1, 0.15) is 6.10 Å². The van der Waals surface area contributed by atoms with Crippen LogP contribution in [-0.2, 0) is 18.9 Å². The molecule has 19 heavy (non-hydrogen) atoms. The minimum Gasteiger partial charge on any atom is -0.385 e. The standard InChI is InChI=1S/C13H21IO5/c1-11(15)7-9-8(6-10(11)14)18-12(2,16-4)13(3,17-5)19-9/h6,8-9,15H,7H2,1-5H3/t8-,9-,11-,12+,13+/m1/s1. The highest BCUT2D eigenvalue weighted by atomic mass is 127. The summed E-state index contributed by atoms with van der Waals surface area (Å²) in [5, 5.41) is 10.3. The summed E-state index contributed by atoms with van der Waals surface area (Å²) < 4.78 is 23.8. The van der Waals surface area contributed by atoms with Crippen molar-refractivity contribution in [2.45, 2.75) is 56.6 Å². The van der Waals surface area contributed by atoms with Crippen molar-refractivity contribution in [2.75, 3.05) is 14.2 Å². The molecule has 0 bridgehead atoms.